The van der Waals surface area contributed by atoms with Gasteiger partial charge in [0.05, 0.1) is 39.6 Å². The van der Waals surface area contributed by atoms with Gasteiger partial charge in [0, 0.05) is 13.2 Å². The van der Waals surface area contributed by atoms with Gasteiger partial charge in [-0.05, 0) is 12.8 Å². The zero-order chi connectivity index (χ0) is 14.6. The molecule has 0 heterocycles. The van der Waals surface area contributed by atoms with Gasteiger partial charge in [-0.1, -0.05) is 26.7 Å². The Bertz CT molecular complexity index is 119. The monoisotopic (exact) mass is 280 g/mol. The quantitative estimate of drug-likeness (QED) is 0.502. The highest BCUT2D eigenvalue weighted by molar-refractivity contribution is 4.35. The van der Waals surface area contributed by atoms with Gasteiger partial charge in [-0.2, -0.15) is 0 Å². The molecule has 5 heteroatoms. The third-order valence-electron chi connectivity index (χ3n) is 2.08. The fraction of sp³-hybridized carbons (Fsp3) is 1.00. The first-order chi connectivity index (χ1) is 9.33. The lowest BCUT2D eigenvalue weighted by Crippen LogP contribution is -2.09. The molecular formula is C14H32O5. The Morgan fingerprint density at radius 1 is 0.579 bits per heavy atom. The van der Waals surface area contributed by atoms with Crippen LogP contribution in [0.4, 0.5) is 0 Å². The highest BCUT2D eigenvalue weighted by atomic mass is 16.5. The lowest BCUT2D eigenvalue weighted by Gasteiger charge is -2.01. The molecule has 5 nitrogen and oxygen atoms in total. The topological polar surface area (TPSA) is 68.2 Å². The van der Waals surface area contributed by atoms with Crippen LogP contribution in [0.3, 0.4) is 0 Å². The molecule has 0 aliphatic rings. The second kappa shape index (κ2) is 22.9. The minimum Gasteiger partial charge on any atom is -0.394 e. The lowest BCUT2D eigenvalue weighted by atomic mass is 10.3. The summed E-state index contributed by atoms with van der Waals surface area (Å²) in [7, 11) is 0. The molecule has 0 aromatic rings. The van der Waals surface area contributed by atoms with Crippen molar-refractivity contribution in [1.29, 1.82) is 0 Å². The van der Waals surface area contributed by atoms with Crippen molar-refractivity contribution in [2.75, 3.05) is 52.9 Å². The SMILES string of the molecule is CCCCCOCCC.OCCOCCOCCO. The van der Waals surface area contributed by atoms with Crippen LogP contribution >= 0.6 is 0 Å². The Kier molecular flexibility index (Phi) is 25.5. The van der Waals surface area contributed by atoms with Crippen molar-refractivity contribution in [3.63, 3.8) is 0 Å². The largest absolute Gasteiger partial charge is 0.394 e. The summed E-state index contributed by atoms with van der Waals surface area (Å²) >= 11 is 0. The zero-order valence-corrected chi connectivity index (χ0v) is 12.6. The van der Waals surface area contributed by atoms with Gasteiger partial charge in [0.1, 0.15) is 0 Å². The van der Waals surface area contributed by atoms with Crippen LogP contribution < -0.4 is 0 Å². The minimum absolute atomic E-state index is 0.0417. The van der Waals surface area contributed by atoms with Crippen molar-refractivity contribution in [2.24, 2.45) is 0 Å². The van der Waals surface area contributed by atoms with Crippen molar-refractivity contribution < 1.29 is 24.4 Å². The van der Waals surface area contributed by atoms with Gasteiger partial charge in [0.25, 0.3) is 0 Å². The first kappa shape index (κ1) is 21.1. The summed E-state index contributed by atoms with van der Waals surface area (Å²) < 4.78 is 15.0. The molecule has 0 radical (unpaired) electrons. The third kappa shape index (κ3) is 27.1. The van der Waals surface area contributed by atoms with Crippen molar-refractivity contribution in [1.82, 2.24) is 0 Å². The van der Waals surface area contributed by atoms with Crippen LogP contribution in [0.15, 0.2) is 0 Å². The first-order valence-corrected chi connectivity index (χ1v) is 7.28. The van der Waals surface area contributed by atoms with Gasteiger partial charge in [-0.25, -0.2) is 0 Å². The molecule has 0 saturated carbocycles. The molecule has 0 aromatic heterocycles. The number of ether oxygens (including phenoxy) is 3. The molecule has 2 N–H and O–H groups in total. The Balaban J connectivity index is 0. The van der Waals surface area contributed by atoms with E-state index >= 15 is 0 Å². The van der Waals surface area contributed by atoms with Crippen molar-refractivity contribution >= 4 is 0 Å². The van der Waals surface area contributed by atoms with Gasteiger partial charge < -0.3 is 24.4 Å². The van der Waals surface area contributed by atoms with E-state index in [1.807, 2.05) is 0 Å². The molecule has 0 fully saturated rings. The van der Waals surface area contributed by atoms with Crippen LogP contribution in [0.5, 0.6) is 0 Å². The van der Waals surface area contributed by atoms with E-state index in [1.165, 1.54) is 19.3 Å². The Hall–Kier alpha value is -0.200. The molecule has 0 aromatic carbocycles. The van der Waals surface area contributed by atoms with E-state index in [1.54, 1.807) is 0 Å². The molecule has 0 aliphatic carbocycles. The van der Waals surface area contributed by atoms with E-state index in [2.05, 4.69) is 13.8 Å². The summed E-state index contributed by atoms with van der Waals surface area (Å²) in [5, 5.41) is 16.5. The van der Waals surface area contributed by atoms with Gasteiger partial charge in [0.2, 0.25) is 0 Å². The molecule has 118 valence electrons. The predicted molar refractivity (Wildman–Crippen MR) is 76.4 cm³/mol. The van der Waals surface area contributed by atoms with Crippen LogP contribution in [0, 0.1) is 0 Å². The highest BCUT2D eigenvalue weighted by Crippen LogP contribution is 1.93. The van der Waals surface area contributed by atoms with Crippen molar-refractivity contribution in [3.05, 3.63) is 0 Å². The van der Waals surface area contributed by atoms with E-state index in [9.17, 15) is 0 Å². The molecule has 0 amide bonds. The number of rotatable bonds is 13. The Morgan fingerprint density at radius 3 is 1.53 bits per heavy atom. The van der Waals surface area contributed by atoms with Crippen molar-refractivity contribution in [2.45, 2.75) is 39.5 Å². The standard InChI is InChI=1S/C8H18O.C6H14O4/c1-3-5-6-8-9-7-4-2;7-1-3-9-5-6-10-4-2-8/h3-8H2,1-2H3;7-8H,1-6H2. The van der Waals surface area contributed by atoms with E-state index < -0.39 is 0 Å². The van der Waals surface area contributed by atoms with Gasteiger partial charge in [0.15, 0.2) is 0 Å². The summed E-state index contributed by atoms with van der Waals surface area (Å²) in [5.74, 6) is 0. The number of hydrogen-bond acceptors (Lipinski definition) is 5. The number of unbranched alkanes of at least 4 members (excludes halogenated alkanes) is 2. The van der Waals surface area contributed by atoms with Crippen LogP contribution in [0.25, 0.3) is 0 Å². The minimum atomic E-state index is 0.0417. The Labute approximate surface area is 117 Å². The normalized spacial score (nSPS) is 10.1. The van der Waals surface area contributed by atoms with Crippen LogP contribution in [0.1, 0.15) is 39.5 Å². The van der Waals surface area contributed by atoms with Crippen LogP contribution in [-0.2, 0) is 14.2 Å². The summed E-state index contributed by atoms with van der Waals surface area (Å²) in [5.41, 5.74) is 0. The summed E-state index contributed by atoms with van der Waals surface area (Å²) in [4.78, 5) is 0. The molecule has 19 heavy (non-hydrogen) atoms. The molecular weight excluding hydrogens is 248 g/mol. The molecule has 0 unspecified atom stereocenters. The molecule has 0 aliphatic heterocycles. The molecule has 0 saturated heterocycles. The maximum absolute atomic E-state index is 8.26. The lowest BCUT2D eigenvalue weighted by molar-refractivity contribution is 0.0222. The zero-order valence-electron chi connectivity index (χ0n) is 12.6. The summed E-state index contributed by atoms with van der Waals surface area (Å²) in [6, 6.07) is 0. The number of aliphatic hydroxyl groups excluding tert-OH is 2. The molecule has 0 rings (SSSR count). The molecule has 0 atom stereocenters. The smallest absolute Gasteiger partial charge is 0.0701 e. The van der Waals surface area contributed by atoms with Crippen molar-refractivity contribution in [3.8, 4) is 0 Å². The number of hydrogen-bond donors (Lipinski definition) is 2. The highest BCUT2D eigenvalue weighted by Gasteiger charge is 1.86. The first-order valence-electron chi connectivity index (χ1n) is 7.28. The third-order valence-corrected chi connectivity index (χ3v) is 2.08. The summed E-state index contributed by atoms with van der Waals surface area (Å²) in [6.07, 6.45) is 4.97. The van der Waals surface area contributed by atoms with Crippen LogP contribution in [-0.4, -0.2) is 63.1 Å². The second-order valence-corrected chi connectivity index (χ2v) is 3.99. The van der Waals surface area contributed by atoms with E-state index in [0.717, 1.165) is 19.6 Å². The van der Waals surface area contributed by atoms with E-state index in [4.69, 9.17) is 24.4 Å². The maximum Gasteiger partial charge on any atom is 0.0701 e. The average Bonchev–Trinajstić information content (AvgIpc) is 2.43. The summed E-state index contributed by atoms with van der Waals surface area (Å²) in [6.45, 7) is 7.97. The molecule has 0 spiro atoms. The second-order valence-electron chi connectivity index (χ2n) is 3.99. The van der Waals surface area contributed by atoms with E-state index in [0.29, 0.717) is 26.4 Å². The van der Waals surface area contributed by atoms with Gasteiger partial charge >= 0.3 is 0 Å². The van der Waals surface area contributed by atoms with Crippen LogP contribution in [0.2, 0.25) is 0 Å². The predicted octanol–water partition coefficient (Wildman–Crippen LogP) is 1.61. The average molecular weight is 280 g/mol. The van der Waals surface area contributed by atoms with E-state index in [-0.39, 0.29) is 13.2 Å². The fourth-order valence-electron chi connectivity index (χ4n) is 1.15. The molecule has 0 bridgehead atoms. The fourth-order valence-corrected chi connectivity index (χ4v) is 1.15. The van der Waals surface area contributed by atoms with Gasteiger partial charge in [-0.3, -0.25) is 0 Å². The van der Waals surface area contributed by atoms with Gasteiger partial charge in [-0.15, -0.1) is 0 Å². The number of aliphatic hydroxyl groups is 2. The Morgan fingerprint density at radius 2 is 1.11 bits per heavy atom. The maximum atomic E-state index is 8.26.